The molecule has 16 heavy (non-hydrogen) atoms. The summed E-state index contributed by atoms with van der Waals surface area (Å²) in [6, 6.07) is 5.01. The molecule has 0 bridgehead atoms. The lowest BCUT2D eigenvalue weighted by molar-refractivity contribution is 0.413. The number of halogens is 2. The Hall–Kier alpha value is -0.490. The summed E-state index contributed by atoms with van der Waals surface area (Å²) in [4.78, 5) is 0. The van der Waals surface area contributed by atoms with Crippen LogP contribution in [0.3, 0.4) is 0 Å². The van der Waals surface area contributed by atoms with Crippen molar-refractivity contribution in [3.63, 3.8) is 0 Å². The molecule has 0 saturated carbocycles. The average Bonchev–Trinajstić information content (AvgIpc) is 2.19. The molecule has 0 atom stereocenters. The zero-order chi connectivity index (χ0) is 12.3. The van der Waals surface area contributed by atoms with Crippen LogP contribution in [0.2, 0.25) is 5.02 Å². The fraction of sp³-hybridized carbons (Fsp3) is 0.333. The van der Waals surface area contributed by atoms with E-state index >= 15 is 0 Å². The van der Waals surface area contributed by atoms with Crippen molar-refractivity contribution in [1.29, 1.82) is 0 Å². The molecule has 0 spiro atoms. The van der Waals surface area contributed by atoms with Gasteiger partial charge in [-0.3, -0.25) is 0 Å². The van der Waals surface area contributed by atoms with Crippen LogP contribution in [0.1, 0.15) is 5.56 Å². The van der Waals surface area contributed by atoms with Crippen LogP contribution in [0, 0.1) is 0 Å². The normalized spacial score (nSPS) is 11.8. The van der Waals surface area contributed by atoms with Crippen LogP contribution in [0.4, 0.5) is 0 Å². The highest BCUT2D eigenvalue weighted by Gasteiger charge is 2.15. The predicted molar refractivity (Wildman–Crippen MR) is 64.2 cm³/mol. The molecular weight excluding hydrogens is 273 g/mol. The molecule has 4 nitrogen and oxygen atoms in total. The van der Waals surface area contributed by atoms with Gasteiger partial charge in [0.1, 0.15) is 5.75 Å². The third-order valence-electron chi connectivity index (χ3n) is 2.02. The number of nitrogens with zero attached hydrogens (tertiary/aromatic N) is 1. The van der Waals surface area contributed by atoms with Crippen LogP contribution in [-0.2, 0) is 15.8 Å². The maximum Gasteiger partial charge on any atom is 0.299 e. The van der Waals surface area contributed by atoms with Crippen LogP contribution in [0.25, 0.3) is 0 Å². The minimum atomic E-state index is -3.73. The zero-order valence-corrected chi connectivity index (χ0v) is 11.1. The smallest absolute Gasteiger partial charge is 0.299 e. The van der Waals surface area contributed by atoms with Crippen LogP contribution in [0.15, 0.2) is 18.2 Å². The number of hydrogen-bond acceptors (Lipinski definition) is 3. The molecule has 0 saturated heterocycles. The first-order chi connectivity index (χ1) is 7.34. The van der Waals surface area contributed by atoms with Crippen molar-refractivity contribution >= 4 is 31.5 Å². The summed E-state index contributed by atoms with van der Waals surface area (Å²) in [6.45, 7) is 0.0991. The van der Waals surface area contributed by atoms with Crippen LogP contribution < -0.4 is 4.74 Å². The highest BCUT2D eigenvalue weighted by molar-refractivity contribution is 8.11. The Morgan fingerprint density at radius 2 is 2.06 bits per heavy atom. The van der Waals surface area contributed by atoms with E-state index in [-0.39, 0.29) is 6.54 Å². The van der Waals surface area contributed by atoms with Gasteiger partial charge in [0.25, 0.3) is 9.24 Å². The summed E-state index contributed by atoms with van der Waals surface area (Å²) < 4.78 is 28.0. The second-order valence-electron chi connectivity index (χ2n) is 3.16. The molecule has 0 aromatic heterocycles. The van der Waals surface area contributed by atoms with E-state index in [1.165, 1.54) is 14.2 Å². The Morgan fingerprint density at radius 3 is 2.56 bits per heavy atom. The molecule has 0 aliphatic carbocycles. The molecule has 7 heteroatoms. The first-order valence-electron chi connectivity index (χ1n) is 4.33. The van der Waals surface area contributed by atoms with Crippen molar-refractivity contribution in [3.05, 3.63) is 28.8 Å². The van der Waals surface area contributed by atoms with Gasteiger partial charge in [-0.2, -0.15) is 12.7 Å². The van der Waals surface area contributed by atoms with Gasteiger partial charge in [0, 0.05) is 29.3 Å². The topological polar surface area (TPSA) is 46.6 Å². The van der Waals surface area contributed by atoms with Crippen LogP contribution in [0.5, 0.6) is 5.75 Å². The summed E-state index contributed by atoms with van der Waals surface area (Å²) in [5.41, 5.74) is 0.632. The molecule has 0 unspecified atom stereocenters. The van der Waals surface area contributed by atoms with E-state index < -0.39 is 9.24 Å². The van der Waals surface area contributed by atoms with Crippen molar-refractivity contribution < 1.29 is 13.2 Å². The highest BCUT2D eigenvalue weighted by Crippen LogP contribution is 2.24. The molecule has 1 aromatic carbocycles. The number of ether oxygens (including phenoxy) is 1. The Labute approximate surface area is 104 Å². The molecule has 1 rings (SSSR count). The molecule has 0 amide bonds. The first kappa shape index (κ1) is 13.6. The van der Waals surface area contributed by atoms with E-state index in [0.29, 0.717) is 16.3 Å². The Balaban J connectivity index is 2.96. The van der Waals surface area contributed by atoms with Crippen LogP contribution in [-0.4, -0.2) is 26.9 Å². The largest absolute Gasteiger partial charge is 0.497 e. The van der Waals surface area contributed by atoms with E-state index in [2.05, 4.69) is 0 Å². The van der Waals surface area contributed by atoms with E-state index in [1.54, 1.807) is 18.2 Å². The molecule has 1 aromatic rings. The van der Waals surface area contributed by atoms with Gasteiger partial charge in [-0.05, 0) is 23.8 Å². The summed E-state index contributed by atoms with van der Waals surface area (Å²) in [5.74, 6) is 0.611. The Kier molecular flexibility index (Phi) is 4.43. The Bertz CT molecular complexity index is 476. The summed E-state index contributed by atoms with van der Waals surface area (Å²) in [7, 11) is 4.35. The first-order valence-corrected chi connectivity index (χ1v) is 6.97. The van der Waals surface area contributed by atoms with E-state index in [9.17, 15) is 8.42 Å². The van der Waals surface area contributed by atoms with Gasteiger partial charge in [-0.25, -0.2) is 0 Å². The van der Waals surface area contributed by atoms with Crippen molar-refractivity contribution in [3.8, 4) is 5.75 Å². The van der Waals surface area contributed by atoms with E-state index in [0.717, 1.165) is 4.31 Å². The molecule has 0 heterocycles. The van der Waals surface area contributed by atoms with Gasteiger partial charge in [0.15, 0.2) is 0 Å². The zero-order valence-electron chi connectivity index (χ0n) is 8.78. The summed E-state index contributed by atoms with van der Waals surface area (Å²) in [6.07, 6.45) is 0. The second-order valence-corrected chi connectivity index (χ2v) is 6.18. The minimum Gasteiger partial charge on any atom is -0.497 e. The minimum absolute atomic E-state index is 0.0991. The molecule has 0 aliphatic heterocycles. The molecular formula is C9H11Cl2NO3S. The van der Waals surface area contributed by atoms with E-state index in [1.807, 2.05) is 0 Å². The van der Waals surface area contributed by atoms with Gasteiger partial charge in [-0.15, -0.1) is 0 Å². The lowest BCUT2D eigenvalue weighted by atomic mass is 10.2. The van der Waals surface area contributed by atoms with Gasteiger partial charge in [0.2, 0.25) is 0 Å². The standard InChI is InChI=1S/C9H11Cl2NO3S/c1-12(16(11,13)14)6-7-5-8(15-2)3-4-9(7)10/h3-5H,6H2,1-2H3. The third kappa shape index (κ3) is 3.52. The van der Waals surface area contributed by atoms with Gasteiger partial charge >= 0.3 is 0 Å². The maximum absolute atomic E-state index is 11.0. The van der Waals surface area contributed by atoms with Gasteiger partial charge < -0.3 is 4.74 Å². The molecule has 0 fully saturated rings. The summed E-state index contributed by atoms with van der Waals surface area (Å²) >= 11 is 5.93. The van der Waals surface area contributed by atoms with Crippen molar-refractivity contribution in [2.24, 2.45) is 0 Å². The third-order valence-corrected chi connectivity index (χ3v) is 3.97. The molecule has 0 aliphatic rings. The number of hydrogen-bond donors (Lipinski definition) is 0. The van der Waals surface area contributed by atoms with Crippen molar-refractivity contribution in [2.75, 3.05) is 14.2 Å². The predicted octanol–water partition coefficient (Wildman–Crippen LogP) is 2.26. The number of rotatable bonds is 4. The number of benzene rings is 1. The van der Waals surface area contributed by atoms with Crippen LogP contribution >= 0.6 is 22.3 Å². The molecule has 90 valence electrons. The van der Waals surface area contributed by atoms with Crippen molar-refractivity contribution in [1.82, 2.24) is 4.31 Å². The number of methoxy groups -OCH3 is 1. The fourth-order valence-corrected chi connectivity index (χ4v) is 1.73. The lowest BCUT2D eigenvalue weighted by Gasteiger charge is -2.14. The highest BCUT2D eigenvalue weighted by atomic mass is 35.7. The van der Waals surface area contributed by atoms with Gasteiger partial charge in [-0.1, -0.05) is 11.6 Å². The molecule has 0 radical (unpaired) electrons. The second kappa shape index (κ2) is 5.23. The SMILES string of the molecule is COc1ccc(Cl)c(CN(C)S(=O)(=O)Cl)c1. The summed E-state index contributed by atoms with van der Waals surface area (Å²) in [5, 5.41) is 0.466. The maximum atomic E-state index is 11.0. The Morgan fingerprint density at radius 1 is 1.44 bits per heavy atom. The molecule has 0 N–H and O–H groups in total. The van der Waals surface area contributed by atoms with E-state index in [4.69, 9.17) is 27.0 Å². The fourth-order valence-electron chi connectivity index (χ4n) is 1.12. The van der Waals surface area contributed by atoms with Gasteiger partial charge in [0.05, 0.1) is 7.11 Å². The van der Waals surface area contributed by atoms with Crippen molar-refractivity contribution in [2.45, 2.75) is 6.54 Å². The average molecular weight is 284 g/mol. The monoisotopic (exact) mass is 283 g/mol. The lowest BCUT2D eigenvalue weighted by Crippen LogP contribution is -2.21. The quantitative estimate of drug-likeness (QED) is 0.797.